The van der Waals surface area contributed by atoms with Crippen molar-refractivity contribution in [1.82, 2.24) is 15.2 Å². The number of hydrogen-bond acceptors (Lipinski definition) is 5. The molecule has 1 aromatic carbocycles. The van der Waals surface area contributed by atoms with E-state index in [1.54, 1.807) is 32.6 Å². The van der Waals surface area contributed by atoms with Gasteiger partial charge in [0.2, 0.25) is 0 Å². The average molecular weight is 569 g/mol. The van der Waals surface area contributed by atoms with Gasteiger partial charge in [-0.3, -0.25) is 4.99 Å². The van der Waals surface area contributed by atoms with Crippen LogP contribution in [0.1, 0.15) is 29.3 Å². The number of aromatic nitrogens is 1. The third-order valence-electron chi connectivity index (χ3n) is 3.91. The second-order valence-electron chi connectivity index (χ2n) is 5.78. The number of thiazole rings is 1. The van der Waals surface area contributed by atoms with Crippen molar-refractivity contribution < 1.29 is 9.47 Å². The van der Waals surface area contributed by atoms with Gasteiger partial charge in [0.1, 0.15) is 16.9 Å². The normalized spacial score (nSPS) is 12.3. The molecule has 2 aromatic rings. The van der Waals surface area contributed by atoms with Gasteiger partial charge in [-0.25, -0.2) is 4.98 Å². The van der Waals surface area contributed by atoms with Gasteiger partial charge in [0.15, 0.2) is 5.96 Å². The fourth-order valence-corrected chi connectivity index (χ4v) is 3.82. The summed E-state index contributed by atoms with van der Waals surface area (Å²) in [6.45, 7) is 3.35. The summed E-state index contributed by atoms with van der Waals surface area (Å²) in [6, 6.07) is 6.02. The molecule has 0 aliphatic rings. The second kappa shape index (κ2) is 11.8. The fraction of sp³-hybridized carbons (Fsp3) is 0.444. The minimum atomic E-state index is 0. The van der Waals surface area contributed by atoms with Crippen LogP contribution in [-0.2, 0) is 17.8 Å². The third-order valence-corrected chi connectivity index (χ3v) is 5.58. The molecule has 9 heteroatoms. The van der Waals surface area contributed by atoms with Crippen LogP contribution in [-0.4, -0.2) is 44.2 Å². The molecule has 6 nitrogen and oxygen atoms in total. The number of methoxy groups -OCH3 is 2. The van der Waals surface area contributed by atoms with E-state index < -0.39 is 0 Å². The molecule has 1 N–H and O–H groups in total. The molecule has 1 heterocycles. The number of nitrogens with one attached hydrogen (secondary N) is 1. The Morgan fingerprint density at radius 2 is 2.15 bits per heavy atom. The van der Waals surface area contributed by atoms with E-state index in [0.29, 0.717) is 13.1 Å². The lowest BCUT2D eigenvalue weighted by Gasteiger charge is -2.21. The summed E-state index contributed by atoms with van der Waals surface area (Å²) in [5.74, 6) is 1.63. The van der Waals surface area contributed by atoms with Crippen molar-refractivity contribution in [2.75, 3.05) is 28.3 Å². The van der Waals surface area contributed by atoms with Crippen molar-refractivity contribution in [1.29, 1.82) is 0 Å². The van der Waals surface area contributed by atoms with E-state index in [9.17, 15) is 0 Å². The SMILES string of the molecule is CN=C(NCc1ccc(OC)c(Br)c1)N(C)Cc1csc(C(C)OC)n1.I. The molecular weight excluding hydrogens is 543 g/mol. The summed E-state index contributed by atoms with van der Waals surface area (Å²) in [5.41, 5.74) is 2.14. The Morgan fingerprint density at radius 1 is 1.41 bits per heavy atom. The molecule has 0 fully saturated rings. The van der Waals surface area contributed by atoms with E-state index in [4.69, 9.17) is 9.47 Å². The highest BCUT2D eigenvalue weighted by Crippen LogP contribution is 2.25. The number of hydrogen-bond donors (Lipinski definition) is 1. The molecule has 2 rings (SSSR count). The van der Waals surface area contributed by atoms with Crippen LogP contribution in [0, 0.1) is 0 Å². The summed E-state index contributed by atoms with van der Waals surface area (Å²) in [4.78, 5) is 11.0. The second-order valence-corrected chi connectivity index (χ2v) is 7.52. The number of rotatable bonds is 7. The van der Waals surface area contributed by atoms with E-state index in [0.717, 1.165) is 32.4 Å². The van der Waals surface area contributed by atoms with Crippen molar-refractivity contribution in [3.63, 3.8) is 0 Å². The monoisotopic (exact) mass is 568 g/mol. The highest BCUT2D eigenvalue weighted by atomic mass is 127. The van der Waals surface area contributed by atoms with E-state index in [2.05, 4.69) is 41.5 Å². The maximum absolute atomic E-state index is 5.32. The number of aliphatic imine (C=N–C) groups is 1. The Bertz CT molecular complexity index is 757. The zero-order valence-electron chi connectivity index (χ0n) is 16.2. The quantitative estimate of drug-likeness (QED) is 0.304. The van der Waals surface area contributed by atoms with Crippen molar-refractivity contribution in [3.8, 4) is 5.75 Å². The van der Waals surface area contributed by atoms with Gasteiger partial charge in [-0.1, -0.05) is 6.07 Å². The lowest BCUT2D eigenvalue weighted by atomic mass is 10.2. The van der Waals surface area contributed by atoms with Crippen molar-refractivity contribution in [2.45, 2.75) is 26.1 Å². The average Bonchev–Trinajstić information content (AvgIpc) is 3.10. The van der Waals surface area contributed by atoms with Crippen LogP contribution in [0.3, 0.4) is 0 Å². The van der Waals surface area contributed by atoms with Crippen LogP contribution in [0.15, 0.2) is 33.0 Å². The van der Waals surface area contributed by atoms with Crippen LogP contribution in [0.5, 0.6) is 5.75 Å². The van der Waals surface area contributed by atoms with Crippen LogP contribution in [0.2, 0.25) is 0 Å². The van der Waals surface area contributed by atoms with E-state index in [-0.39, 0.29) is 30.1 Å². The van der Waals surface area contributed by atoms with Gasteiger partial charge in [-0.15, -0.1) is 35.3 Å². The van der Waals surface area contributed by atoms with Crippen molar-refractivity contribution in [3.05, 3.63) is 44.3 Å². The minimum absolute atomic E-state index is 0. The van der Waals surface area contributed by atoms with E-state index in [1.807, 2.05) is 32.2 Å². The number of benzene rings is 1. The molecule has 0 amide bonds. The zero-order chi connectivity index (χ0) is 19.1. The molecule has 0 bridgehead atoms. The Labute approximate surface area is 190 Å². The number of nitrogens with zero attached hydrogens (tertiary/aromatic N) is 3. The first-order chi connectivity index (χ1) is 12.5. The predicted molar refractivity (Wildman–Crippen MR) is 125 cm³/mol. The Kier molecular flexibility index (Phi) is 10.6. The summed E-state index contributed by atoms with van der Waals surface area (Å²) >= 11 is 5.13. The Morgan fingerprint density at radius 3 is 2.74 bits per heavy atom. The number of guanidine groups is 1. The fourth-order valence-electron chi connectivity index (χ4n) is 2.39. The summed E-state index contributed by atoms with van der Waals surface area (Å²) in [6.07, 6.45) is 0.0185. The lowest BCUT2D eigenvalue weighted by Crippen LogP contribution is -2.38. The molecule has 1 atom stereocenters. The topological polar surface area (TPSA) is 59.0 Å². The van der Waals surface area contributed by atoms with Gasteiger partial charge in [0.05, 0.1) is 23.8 Å². The molecule has 0 radical (unpaired) electrons. The zero-order valence-corrected chi connectivity index (χ0v) is 20.9. The largest absolute Gasteiger partial charge is 0.496 e. The maximum Gasteiger partial charge on any atom is 0.194 e. The maximum atomic E-state index is 5.32. The molecule has 150 valence electrons. The first kappa shape index (κ1) is 24.1. The number of halogens is 2. The summed E-state index contributed by atoms with van der Waals surface area (Å²) in [5, 5.41) is 6.43. The molecule has 0 saturated carbocycles. The lowest BCUT2D eigenvalue weighted by molar-refractivity contribution is 0.119. The predicted octanol–water partition coefficient (Wildman–Crippen LogP) is 4.45. The molecule has 0 spiro atoms. The molecule has 0 aliphatic carbocycles. The van der Waals surface area contributed by atoms with Gasteiger partial charge in [0.25, 0.3) is 0 Å². The van der Waals surface area contributed by atoms with Crippen LogP contribution in [0.25, 0.3) is 0 Å². The highest BCUT2D eigenvalue weighted by Gasteiger charge is 2.13. The van der Waals surface area contributed by atoms with Gasteiger partial charge in [0, 0.05) is 33.1 Å². The van der Waals surface area contributed by atoms with Crippen LogP contribution in [0.4, 0.5) is 0 Å². The first-order valence-electron chi connectivity index (χ1n) is 8.19. The van der Waals surface area contributed by atoms with Crippen molar-refractivity contribution >= 4 is 57.2 Å². The molecular formula is C18H26BrIN4O2S. The molecule has 0 aliphatic heterocycles. The van der Waals surface area contributed by atoms with Crippen LogP contribution >= 0.6 is 51.2 Å². The Balaban J connectivity index is 0.00000364. The van der Waals surface area contributed by atoms with E-state index >= 15 is 0 Å². The van der Waals surface area contributed by atoms with Crippen molar-refractivity contribution in [2.24, 2.45) is 4.99 Å². The molecule has 1 unspecified atom stereocenters. The molecule has 27 heavy (non-hydrogen) atoms. The standard InChI is InChI=1S/C18H25BrN4O2S.HI/c1-12(24-4)17-22-14(11-26-17)10-23(3)18(20-2)21-9-13-6-7-16(25-5)15(19)8-13;/h6-8,11-12H,9-10H2,1-5H3,(H,20,21);1H. The molecule has 0 saturated heterocycles. The van der Waals surface area contributed by atoms with E-state index in [1.165, 1.54) is 0 Å². The van der Waals surface area contributed by atoms with Gasteiger partial charge in [-0.05, 0) is 40.5 Å². The van der Waals surface area contributed by atoms with Gasteiger partial charge < -0.3 is 19.7 Å². The van der Waals surface area contributed by atoms with Crippen LogP contribution < -0.4 is 10.1 Å². The summed E-state index contributed by atoms with van der Waals surface area (Å²) < 4.78 is 11.5. The third kappa shape index (κ3) is 6.88. The number of ether oxygens (including phenoxy) is 2. The van der Waals surface area contributed by atoms with Gasteiger partial charge in [-0.2, -0.15) is 0 Å². The Hall–Kier alpha value is -0.910. The smallest absolute Gasteiger partial charge is 0.194 e. The molecule has 1 aromatic heterocycles. The van der Waals surface area contributed by atoms with Gasteiger partial charge >= 0.3 is 0 Å². The highest BCUT2D eigenvalue weighted by molar-refractivity contribution is 14.0. The summed E-state index contributed by atoms with van der Waals surface area (Å²) in [7, 11) is 7.13. The first-order valence-corrected chi connectivity index (χ1v) is 9.87. The minimum Gasteiger partial charge on any atom is -0.496 e.